The second-order valence-corrected chi connectivity index (χ2v) is 5.30. The third kappa shape index (κ3) is 6.04. The molecular formula is C16H22FNO3. The van der Waals surface area contributed by atoms with Crippen molar-refractivity contribution in [3.05, 3.63) is 35.4 Å². The maximum atomic E-state index is 12.1. The van der Waals surface area contributed by atoms with Gasteiger partial charge in [-0.1, -0.05) is 24.3 Å². The number of Topliss-reactive ketones (excluding diaryl/α,β-unsaturated/α-hetero) is 1. The number of nitrogens with two attached hydrogens (primary N) is 1. The number of hydrogen-bond acceptors (Lipinski definition) is 3. The van der Waals surface area contributed by atoms with Gasteiger partial charge >= 0.3 is 5.97 Å². The number of carbonyl (C=O) groups excluding carboxylic acids is 1. The largest absolute Gasteiger partial charge is 0.481 e. The lowest BCUT2D eigenvalue weighted by Crippen LogP contribution is -2.33. The molecule has 0 spiro atoms. The van der Waals surface area contributed by atoms with Crippen LogP contribution in [0.4, 0.5) is 4.39 Å². The molecule has 5 heteroatoms. The van der Waals surface area contributed by atoms with Crippen LogP contribution in [0.25, 0.3) is 0 Å². The van der Waals surface area contributed by atoms with E-state index in [-0.39, 0.29) is 18.9 Å². The maximum absolute atomic E-state index is 12.1. The third-order valence-electron chi connectivity index (χ3n) is 3.51. The number of ketones is 1. The van der Waals surface area contributed by atoms with E-state index < -0.39 is 17.9 Å². The number of aryl methyl sites for hydroxylation is 1. The molecule has 0 radical (unpaired) electrons. The Hall–Kier alpha value is -1.75. The molecule has 0 fully saturated rings. The fourth-order valence-electron chi connectivity index (χ4n) is 2.14. The van der Waals surface area contributed by atoms with E-state index in [1.165, 1.54) is 6.92 Å². The number of carbonyl (C=O) groups is 2. The van der Waals surface area contributed by atoms with E-state index in [0.717, 1.165) is 11.1 Å². The highest BCUT2D eigenvalue weighted by Gasteiger charge is 2.23. The van der Waals surface area contributed by atoms with E-state index in [0.29, 0.717) is 19.3 Å². The lowest BCUT2D eigenvalue weighted by Gasteiger charge is -2.16. The number of aliphatic carboxylic acids is 1. The van der Waals surface area contributed by atoms with Gasteiger partial charge in [-0.3, -0.25) is 14.0 Å². The van der Waals surface area contributed by atoms with E-state index in [1.54, 1.807) is 0 Å². The zero-order valence-electron chi connectivity index (χ0n) is 12.2. The van der Waals surface area contributed by atoms with Crippen molar-refractivity contribution in [2.45, 2.75) is 38.6 Å². The molecule has 0 aliphatic carbocycles. The van der Waals surface area contributed by atoms with E-state index in [4.69, 9.17) is 5.73 Å². The van der Waals surface area contributed by atoms with E-state index in [1.807, 2.05) is 24.3 Å². The predicted octanol–water partition coefficient (Wildman–Crippen LogP) is 2.14. The molecule has 0 saturated heterocycles. The lowest BCUT2D eigenvalue weighted by atomic mass is 9.91. The van der Waals surface area contributed by atoms with Gasteiger partial charge < -0.3 is 10.8 Å². The van der Waals surface area contributed by atoms with Crippen molar-refractivity contribution in [3.8, 4) is 0 Å². The van der Waals surface area contributed by atoms with Crippen LogP contribution in [-0.4, -0.2) is 29.6 Å². The highest BCUT2D eigenvalue weighted by Crippen LogP contribution is 2.16. The number of hydrogen-bond donors (Lipinski definition) is 2. The minimum Gasteiger partial charge on any atom is -0.481 e. The van der Waals surface area contributed by atoms with Gasteiger partial charge in [0.1, 0.15) is 5.78 Å². The van der Waals surface area contributed by atoms with Gasteiger partial charge in [-0.15, -0.1) is 0 Å². The first-order valence-electron chi connectivity index (χ1n) is 7.06. The van der Waals surface area contributed by atoms with Crippen molar-refractivity contribution in [2.75, 3.05) is 6.67 Å². The van der Waals surface area contributed by atoms with Gasteiger partial charge in [0.25, 0.3) is 0 Å². The first-order valence-corrected chi connectivity index (χ1v) is 7.06. The van der Waals surface area contributed by atoms with Crippen LogP contribution in [0.15, 0.2) is 24.3 Å². The Morgan fingerprint density at radius 1 is 1.24 bits per heavy atom. The zero-order chi connectivity index (χ0) is 15.8. The molecule has 116 valence electrons. The minimum absolute atomic E-state index is 0.133. The van der Waals surface area contributed by atoms with Gasteiger partial charge in [-0.25, -0.2) is 0 Å². The molecule has 0 aliphatic rings. The quantitative estimate of drug-likeness (QED) is 0.731. The second-order valence-electron chi connectivity index (χ2n) is 5.30. The highest BCUT2D eigenvalue weighted by atomic mass is 19.1. The van der Waals surface area contributed by atoms with Crippen LogP contribution in [-0.2, 0) is 22.4 Å². The van der Waals surface area contributed by atoms with Crippen LogP contribution < -0.4 is 5.73 Å². The second kappa shape index (κ2) is 8.52. The Kier molecular flexibility index (Phi) is 7.02. The molecule has 0 bridgehead atoms. The number of alkyl halides is 1. The molecule has 0 heterocycles. The normalized spacial score (nSPS) is 13.7. The number of halogens is 1. The van der Waals surface area contributed by atoms with Crippen LogP contribution in [0.3, 0.4) is 0 Å². The first-order chi connectivity index (χ1) is 9.93. The Balaban J connectivity index is 2.66. The number of benzene rings is 1. The van der Waals surface area contributed by atoms with Crippen LogP contribution in [0, 0.1) is 5.92 Å². The van der Waals surface area contributed by atoms with E-state index in [2.05, 4.69) is 0 Å². The summed E-state index contributed by atoms with van der Waals surface area (Å²) in [5.74, 6) is -1.84. The first kappa shape index (κ1) is 17.3. The summed E-state index contributed by atoms with van der Waals surface area (Å²) in [4.78, 5) is 22.4. The third-order valence-corrected chi connectivity index (χ3v) is 3.51. The van der Waals surface area contributed by atoms with Gasteiger partial charge in [0.15, 0.2) is 0 Å². The zero-order valence-corrected chi connectivity index (χ0v) is 12.2. The molecule has 4 nitrogen and oxygen atoms in total. The molecule has 1 aromatic rings. The molecule has 0 amide bonds. The maximum Gasteiger partial charge on any atom is 0.306 e. The van der Waals surface area contributed by atoms with Crippen molar-refractivity contribution < 1.29 is 19.1 Å². The van der Waals surface area contributed by atoms with Crippen molar-refractivity contribution >= 4 is 11.8 Å². The minimum atomic E-state index is -0.951. The summed E-state index contributed by atoms with van der Waals surface area (Å²) in [6.07, 6.45) is 1.63. The van der Waals surface area contributed by atoms with Crippen LogP contribution in [0.2, 0.25) is 0 Å². The van der Waals surface area contributed by atoms with Gasteiger partial charge in [-0.05, 0) is 43.7 Å². The molecule has 2 atom stereocenters. The van der Waals surface area contributed by atoms with E-state index in [9.17, 15) is 19.1 Å². The van der Waals surface area contributed by atoms with Crippen LogP contribution in [0.5, 0.6) is 0 Å². The molecule has 1 aromatic carbocycles. The molecule has 1 rings (SSSR count). The molecule has 3 N–H and O–H groups in total. The Morgan fingerprint density at radius 3 is 2.29 bits per heavy atom. The topological polar surface area (TPSA) is 80.4 Å². The molecule has 1 unspecified atom stereocenters. The van der Waals surface area contributed by atoms with Crippen molar-refractivity contribution in [2.24, 2.45) is 11.7 Å². The average Bonchev–Trinajstić information content (AvgIpc) is 2.45. The summed E-state index contributed by atoms with van der Waals surface area (Å²) in [6.45, 7) is 1.02. The predicted molar refractivity (Wildman–Crippen MR) is 78.8 cm³/mol. The number of carboxylic acids is 1. The van der Waals surface area contributed by atoms with Gasteiger partial charge in [-0.2, -0.15) is 0 Å². The molecular weight excluding hydrogens is 273 g/mol. The molecule has 21 heavy (non-hydrogen) atoms. The van der Waals surface area contributed by atoms with E-state index >= 15 is 0 Å². The average molecular weight is 295 g/mol. The van der Waals surface area contributed by atoms with Gasteiger partial charge in [0.05, 0.1) is 18.6 Å². The highest BCUT2D eigenvalue weighted by molar-refractivity contribution is 5.82. The molecule has 0 saturated carbocycles. The van der Waals surface area contributed by atoms with Gasteiger partial charge in [0.2, 0.25) is 0 Å². The molecule has 0 aliphatic heterocycles. The number of carboxylic acid groups (broad SMARTS) is 1. The fourth-order valence-corrected chi connectivity index (χ4v) is 2.14. The van der Waals surface area contributed by atoms with Crippen LogP contribution >= 0.6 is 0 Å². The SMILES string of the molecule is CC(=O)[C@@H](N)CC(Cc1ccc(CCCF)cc1)C(=O)O. The monoisotopic (exact) mass is 295 g/mol. The van der Waals surface area contributed by atoms with Crippen LogP contribution in [0.1, 0.15) is 30.9 Å². The van der Waals surface area contributed by atoms with Crippen molar-refractivity contribution in [1.82, 2.24) is 0 Å². The Labute approximate surface area is 124 Å². The standard InChI is InChI=1S/C16H22FNO3/c1-11(19)15(18)10-14(16(20)21)9-13-6-4-12(5-7-13)3-2-8-17/h4-7,14-15H,2-3,8-10,18H2,1H3,(H,20,21)/t14?,15-/m0/s1. The summed E-state index contributed by atoms with van der Waals surface area (Å²) in [7, 11) is 0. The number of rotatable bonds is 9. The summed E-state index contributed by atoms with van der Waals surface area (Å²) in [5.41, 5.74) is 7.55. The summed E-state index contributed by atoms with van der Waals surface area (Å²) < 4.78 is 12.1. The summed E-state index contributed by atoms with van der Waals surface area (Å²) in [5, 5.41) is 9.23. The molecule has 0 aromatic heterocycles. The van der Waals surface area contributed by atoms with Crippen molar-refractivity contribution in [1.29, 1.82) is 0 Å². The summed E-state index contributed by atoms with van der Waals surface area (Å²) >= 11 is 0. The van der Waals surface area contributed by atoms with Gasteiger partial charge in [0, 0.05) is 0 Å². The summed E-state index contributed by atoms with van der Waals surface area (Å²) in [6, 6.07) is 6.73. The fraction of sp³-hybridized carbons (Fsp3) is 0.500. The lowest BCUT2D eigenvalue weighted by molar-refractivity contribution is -0.142. The smallest absolute Gasteiger partial charge is 0.306 e. The Morgan fingerprint density at radius 2 is 1.81 bits per heavy atom. The van der Waals surface area contributed by atoms with Crippen molar-refractivity contribution in [3.63, 3.8) is 0 Å². The Bertz CT molecular complexity index is 473.